The van der Waals surface area contributed by atoms with Gasteiger partial charge in [0.25, 0.3) is 6.47 Å². The van der Waals surface area contributed by atoms with E-state index in [0.29, 0.717) is 18.1 Å². The molecule has 0 aliphatic heterocycles. The van der Waals surface area contributed by atoms with Crippen molar-refractivity contribution in [3.63, 3.8) is 0 Å². The third-order valence-corrected chi connectivity index (χ3v) is 14.3. The summed E-state index contributed by atoms with van der Waals surface area (Å²) in [7, 11) is 0. The van der Waals surface area contributed by atoms with Crippen molar-refractivity contribution >= 4 is 23.8 Å². The van der Waals surface area contributed by atoms with Crippen LogP contribution in [0.4, 0.5) is 0 Å². The minimum atomic E-state index is -0.634. The fourth-order valence-corrected chi connectivity index (χ4v) is 12.1. The quantitative estimate of drug-likeness (QED) is 0.285. The second kappa shape index (κ2) is 9.40. The lowest BCUT2D eigenvalue weighted by atomic mass is 9.32. The summed E-state index contributed by atoms with van der Waals surface area (Å²) in [5.74, 6) is 1.31. The first-order valence-electron chi connectivity index (χ1n) is 16.0. The van der Waals surface area contributed by atoms with E-state index in [1.807, 2.05) is 18.2 Å². The van der Waals surface area contributed by atoms with E-state index in [1.54, 1.807) is 12.1 Å². The van der Waals surface area contributed by atoms with Gasteiger partial charge in [0.15, 0.2) is 5.78 Å². The monoisotopic (exact) mass is 572 g/mol. The van der Waals surface area contributed by atoms with Crippen LogP contribution in [-0.2, 0) is 14.4 Å². The van der Waals surface area contributed by atoms with Crippen molar-refractivity contribution in [1.29, 1.82) is 0 Å². The first-order chi connectivity index (χ1) is 19.7. The summed E-state index contributed by atoms with van der Waals surface area (Å²) >= 11 is 0. The fraction of sp³-hybridized carbons (Fsp3) is 0.649. The van der Waals surface area contributed by atoms with E-state index in [4.69, 9.17) is 4.74 Å². The van der Waals surface area contributed by atoms with Gasteiger partial charge in [0.2, 0.25) is 0 Å². The number of rotatable bonds is 5. The number of carboxylic acid groups (broad SMARTS) is 1. The Balaban J connectivity index is 1.40. The molecule has 9 atom stereocenters. The lowest BCUT2D eigenvalue weighted by Crippen LogP contribution is -2.67. The van der Waals surface area contributed by atoms with Gasteiger partial charge in [-0.3, -0.25) is 14.4 Å². The molecule has 1 aromatic carbocycles. The van der Waals surface area contributed by atoms with Crippen molar-refractivity contribution in [3.8, 4) is 5.75 Å². The van der Waals surface area contributed by atoms with Gasteiger partial charge in [0, 0.05) is 5.41 Å². The molecule has 0 saturated heterocycles. The minimum Gasteiger partial charge on any atom is -0.481 e. The molecule has 0 spiro atoms. The number of hydrogen-bond acceptors (Lipinski definition) is 4. The standard InChI is InChI=1S/C37H48O5/c1-22(2)25-14-17-37(32(40)41)19-18-34(5)26(31(25)37)12-13-29-35(34,6)16-15-28-33(3,4)27(20-30(39)36(28,29)7)23-8-10-24(11-9-23)42-21-38/h8-11,20-21,25-26,28-29,31H,1,12-19H2,2-7H3,(H,40,41)/t25-,26+,28-,29-,31+,34+,35+,36-,37-/m0/s1. The third-order valence-electron chi connectivity index (χ3n) is 14.3. The Kier molecular flexibility index (Phi) is 6.58. The van der Waals surface area contributed by atoms with Gasteiger partial charge in [-0.05, 0) is 133 Å². The van der Waals surface area contributed by atoms with Crippen molar-refractivity contribution < 1.29 is 24.2 Å². The Labute approximate surface area is 251 Å². The van der Waals surface area contributed by atoms with Gasteiger partial charge in [-0.1, -0.05) is 58.9 Å². The lowest BCUT2D eigenvalue weighted by molar-refractivity contribution is -0.224. The molecule has 0 heterocycles. The van der Waals surface area contributed by atoms with Crippen molar-refractivity contribution in [2.75, 3.05) is 0 Å². The number of benzene rings is 1. The predicted molar refractivity (Wildman–Crippen MR) is 163 cm³/mol. The zero-order valence-electron chi connectivity index (χ0n) is 26.3. The highest BCUT2D eigenvalue weighted by molar-refractivity contribution is 6.04. The van der Waals surface area contributed by atoms with E-state index in [1.165, 1.54) is 0 Å². The number of ketones is 1. The third kappa shape index (κ3) is 3.57. The molecule has 0 bridgehead atoms. The van der Waals surface area contributed by atoms with Gasteiger partial charge in [0.05, 0.1) is 5.41 Å². The molecule has 0 aromatic heterocycles. The summed E-state index contributed by atoms with van der Waals surface area (Å²) in [6.45, 7) is 18.7. The van der Waals surface area contributed by atoms with Crippen LogP contribution in [0.25, 0.3) is 5.57 Å². The van der Waals surface area contributed by atoms with Crippen LogP contribution in [0.1, 0.15) is 98.5 Å². The lowest BCUT2D eigenvalue weighted by Gasteiger charge is -2.71. The van der Waals surface area contributed by atoms with E-state index in [-0.39, 0.29) is 45.7 Å². The topological polar surface area (TPSA) is 80.7 Å². The van der Waals surface area contributed by atoms with Gasteiger partial charge >= 0.3 is 5.97 Å². The molecule has 5 heteroatoms. The second-order valence-corrected chi connectivity index (χ2v) is 15.8. The summed E-state index contributed by atoms with van der Waals surface area (Å²) in [5.41, 5.74) is 1.83. The summed E-state index contributed by atoms with van der Waals surface area (Å²) in [6.07, 6.45) is 9.28. The van der Waals surface area contributed by atoms with Crippen LogP contribution in [0.5, 0.6) is 5.75 Å². The van der Waals surface area contributed by atoms with E-state index < -0.39 is 16.8 Å². The molecule has 42 heavy (non-hydrogen) atoms. The number of fused-ring (bicyclic) bond motifs is 7. The number of aliphatic carboxylic acids is 1. The Bertz CT molecular complexity index is 1370. The average molecular weight is 573 g/mol. The Morgan fingerprint density at radius 3 is 2.24 bits per heavy atom. The second-order valence-electron chi connectivity index (χ2n) is 15.8. The summed E-state index contributed by atoms with van der Waals surface area (Å²) in [4.78, 5) is 38.2. The SMILES string of the molecule is C=C(C)[C@@H]1CC[C@]2(C(=O)O)CC[C@]3(C)[C@H](CC[C@@H]4[C@@]5(C)C(=O)C=C(c6ccc(OC=O)cc6)C(C)(C)[C@@H]5CC[C@]43C)[C@@H]12. The molecule has 6 rings (SSSR count). The Hall–Kier alpha value is -2.69. The van der Waals surface area contributed by atoms with Crippen LogP contribution in [0.2, 0.25) is 0 Å². The maximum absolute atomic E-state index is 14.5. The number of carbonyl (C=O) groups excluding carboxylic acids is 2. The molecular formula is C37H48O5. The normalized spacial score (nSPS) is 43.6. The number of carbonyl (C=O) groups is 3. The average Bonchev–Trinajstić information content (AvgIpc) is 3.34. The molecule has 226 valence electrons. The zero-order chi connectivity index (χ0) is 30.5. The van der Waals surface area contributed by atoms with Crippen LogP contribution >= 0.6 is 0 Å². The molecule has 1 N–H and O–H groups in total. The van der Waals surface area contributed by atoms with Gasteiger partial charge in [-0.25, -0.2) is 0 Å². The van der Waals surface area contributed by atoms with Crippen molar-refractivity contribution in [3.05, 3.63) is 48.1 Å². The minimum absolute atomic E-state index is 0.0195. The number of allylic oxidation sites excluding steroid dienone is 3. The van der Waals surface area contributed by atoms with Crippen molar-refractivity contribution in [2.45, 2.75) is 92.9 Å². The van der Waals surface area contributed by atoms with E-state index >= 15 is 0 Å². The predicted octanol–water partition coefficient (Wildman–Crippen LogP) is 8.14. The molecular weight excluding hydrogens is 524 g/mol. The number of carboxylic acids is 1. The Morgan fingerprint density at radius 1 is 0.929 bits per heavy atom. The molecule has 5 nitrogen and oxygen atoms in total. The van der Waals surface area contributed by atoms with Crippen molar-refractivity contribution in [2.24, 2.45) is 56.7 Å². The highest BCUT2D eigenvalue weighted by atomic mass is 16.5. The van der Waals surface area contributed by atoms with Gasteiger partial charge in [-0.2, -0.15) is 0 Å². The molecule has 5 aliphatic rings. The van der Waals surface area contributed by atoms with Crippen molar-refractivity contribution in [1.82, 2.24) is 0 Å². The van der Waals surface area contributed by atoms with E-state index in [2.05, 4.69) is 48.1 Å². The van der Waals surface area contributed by atoms with E-state index in [9.17, 15) is 19.5 Å². The molecule has 1 aromatic rings. The largest absolute Gasteiger partial charge is 0.481 e. The van der Waals surface area contributed by atoms with Crippen LogP contribution < -0.4 is 4.74 Å². The summed E-state index contributed by atoms with van der Waals surface area (Å²) in [6, 6.07) is 7.50. The van der Waals surface area contributed by atoms with Crippen LogP contribution in [0.3, 0.4) is 0 Å². The van der Waals surface area contributed by atoms with E-state index in [0.717, 1.165) is 68.1 Å². The van der Waals surface area contributed by atoms with Gasteiger partial charge < -0.3 is 9.84 Å². The summed E-state index contributed by atoms with van der Waals surface area (Å²) < 4.78 is 5.01. The van der Waals surface area contributed by atoms with Gasteiger partial charge in [-0.15, -0.1) is 0 Å². The molecule has 0 radical (unpaired) electrons. The number of hydrogen-bond donors (Lipinski definition) is 1. The van der Waals surface area contributed by atoms with Crippen LogP contribution in [-0.4, -0.2) is 23.3 Å². The molecule has 4 saturated carbocycles. The van der Waals surface area contributed by atoms with Crippen LogP contribution in [0, 0.1) is 56.7 Å². The summed E-state index contributed by atoms with van der Waals surface area (Å²) in [5, 5.41) is 10.6. The maximum Gasteiger partial charge on any atom is 0.309 e. The smallest absolute Gasteiger partial charge is 0.309 e. The maximum atomic E-state index is 14.5. The molecule has 0 amide bonds. The molecule has 0 unspecified atom stereocenters. The van der Waals surface area contributed by atoms with Gasteiger partial charge in [0.1, 0.15) is 5.75 Å². The Morgan fingerprint density at radius 2 is 1.62 bits per heavy atom. The highest BCUT2D eigenvalue weighted by Crippen LogP contribution is 2.77. The molecule has 5 aliphatic carbocycles. The first kappa shape index (κ1) is 29.4. The highest BCUT2D eigenvalue weighted by Gasteiger charge is 2.72. The first-order valence-corrected chi connectivity index (χ1v) is 16.0. The van der Waals surface area contributed by atoms with Crippen LogP contribution in [0.15, 0.2) is 42.5 Å². The zero-order valence-corrected chi connectivity index (χ0v) is 26.3. The fourth-order valence-electron chi connectivity index (χ4n) is 12.1. The number of ether oxygens (including phenoxy) is 1. The molecule has 4 fully saturated rings.